The Hall–Kier alpha value is -1.89. The van der Waals surface area contributed by atoms with E-state index >= 15 is 0 Å². The first kappa shape index (κ1) is 21.3. The summed E-state index contributed by atoms with van der Waals surface area (Å²) in [6.45, 7) is 6.65. The Morgan fingerprint density at radius 1 is 0.967 bits per heavy atom. The fourth-order valence-corrected chi connectivity index (χ4v) is 4.61. The number of carbonyl (C=O) groups is 1. The predicted molar refractivity (Wildman–Crippen MR) is 122 cm³/mol. The predicted octanol–water partition coefficient (Wildman–Crippen LogP) is 4.21. The lowest BCUT2D eigenvalue weighted by Crippen LogP contribution is -2.48. The standard InChI is InChI=1S/C24H29BrN2O3/c1-18(19-2-8-22(9-3-19)27-12-16-30-17-13-27)26-23(28)24(10-14-29-15-11-24)20-4-6-21(25)7-5-20/h2-9,18H,10-17H2,1H3,(H,26,28). The van der Waals surface area contributed by atoms with Crippen molar-refractivity contribution in [1.82, 2.24) is 5.32 Å². The Balaban J connectivity index is 1.48. The molecule has 1 amide bonds. The van der Waals surface area contributed by atoms with E-state index in [2.05, 4.69) is 69.5 Å². The Morgan fingerprint density at radius 3 is 2.20 bits per heavy atom. The van der Waals surface area contributed by atoms with Crippen molar-refractivity contribution < 1.29 is 14.3 Å². The molecule has 0 spiro atoms. The zero-order valence-electron chi connectivity index (χ0n) is 17.4. The normalized spacial score (nSPS) is 19.9. The van der Waals surface area contributed by atoms with Crippen molar-refractivity contribution in [3.05, 3.63) is 64.1 Å². The molecule has 160 valence electrons. The third kappa shape index (κ3) is 4.56. The van der Waals surface area contributed by atoms with E-state index in [1.54, 1.807) is 0 Å². The molecule has 2 aromatic rings. The van der Waals surface area contributed by atoms with E-state index in [9.17, 15) is 4.79 Å². The quantitative estimate of drug-likeness (QED) is 0.707. The smallest absolute Gasteiger partial charge is 0.231 e. The van der Waals surface area contributed by atoms with Crippen molar-refractivity contribution in [3.63, 3.8) is 0 Å². The Kier molecular flexibility index (Phi) is 6.76. The third-order valence-corrected chi connectivity index (χ3v) is 6.82. The van der Waals surface area contributed by atoms with Gasteiger partial charge < -0.3 is 19.7 Å². The fourth-order valence-electron chi connectivity index (χ4n) is 4.35. The van der Waals surface area contributed by atoms with Gasteiger partial charge in [0.1, 0.15) is 0 Å². The van der Waals surface area contributed by atoms with Crippen LogP contribution in [0.25, 0.3) is 0 Å². The molecular weight excluding hydrogens is 444 g/mol. The molecule has 2 aliphatic rings. The fraction of sp³-hybridized carbons (Fsp3) is 0.458. The van der Waals surface area contributed by atoms with Crippen LogP contribution in [0.4, 0.5) is 5.69 Å². The molecule has 2 aromatic carbocycles. The van der Waals surface area contributed by atoms with Crippen LogP contribution in [0, 0.1) is 0 Å². The van der Waals surface area contributed by atoms with Gasteiger partial charge in [-0.25, -0.2) is 0 Å². The Bertz CT molecular complexity index is 842. The molecule has 6 heteroatoms. The maximum absolute atomic E-state index is 13.5. The molecule has 2 saturated heterocycles. The minimum Gasteiger partial charge on any atom is -0.381 e. The van der Waals surface area contributed by atoms with Crippen LogP contribution in [0.3, 0.4) is 0 Å². The van der Waals surface area contributed by atoms with E-state index in [1.807, 2.05) is 12.1 Å². The van der Waals surface area contributed by atoms with E-state index in [0.29, 0.717) is 26.1 Å². The molecule has 1 atom stereocenters. The average molecular weight is 473 g/mol. The number of nitrogens with zero attached hydrogens (tertiary/aromatic N) is 1. The van der Waals surface area contributed by atoms with Gasteiger partial charge in [-0.1, -0.05) is 40.2 Å². The van der Waals surface area contributed by atoms with E-state index in [1.165, 1.54) is 5.69 Å². The first-order valence-electron chi connectivity index (χ1n) is 10.7. The Labute approximate surface area is 186 Å². The molecule has 4 rings (SSSR count). The summed E-state index contributed by atoms with van der Waals surface area (Å²) in [6.07, 6.45) is 1.40. The number of benzene rings is 2. The molecule has 1 unspecified atom stereocenters. The minimum atomic E-state index is -0.541. The Morgan fingerprint density at radius 2 is 1.57 bits per heavy atom. The summed E-state index contributed by atoms with van der Waals surface area (Å²) in [5.74, 6) is 0.0814. The number of nitrogens with one attached hydrogen (secondary N) is 1. The number of morpholine rings is 1. The molecule has 2 fully saturated rings. The highest BCUT2D eigenvalue weighted by atomic mass is 79.9. The van der Waals surface area contributed by atoms with Gasteiger partial charge in [0, 0.05) is 36.5 Å². The first-order valence-corrected chi connectivity index (χ1v) is 11.5. The van der Waals surface area contributed by atoms with Crippen LogP contribution in [0.5, 0.6) is 0 Å². The van der Waals surface area contributed by atoms with Crippen molar-refractivity contribution in [2.45, 2.75) is 31.2 Å². The summed E-state index contributed by atoms with van der Waals surface area (Å²) >= 11 is 3.49. The molecule has 0 saturated carbocycles. The summed E-state index contributed by atoms with van der Waals surface area (Å²) in [5, 5.41) is 3.28. The molecule has 0 radical (unpaired) electrons. The average Bonchev–Trinajstić information content (AvgIpc) is 2.80. The second kappa shape index (κ2) is 9.50. The van der Waals surface area contributed by atoms with Crippen LogP contribution in [-0.2, 0) is 19.7 Å². The molecule has 1 N–H and O–H groups in total. The number of carbonyl (C=O) groups excluding carboxylic acids is 1. The molecule has 30 heavy (non-hydrogen) atoms. The lowest BCUT2D eigenvalue weighted by atomic mass is 9.73. The van der Waals surface area contributed by atoms with Crippen molar-refractivity contribution in [2.24, 2.45) is 0 Å². The zero-order valence-corrected chi connectivity index (χ0v) is 19.0. The van der Waals surface area contributed by atoms with E-state index in [0.717, 1.165) is 41.9 Å². The molecule has 2 heterocycles. The van der Waals surface area contributed by atoms with Gasteiger partial charge in [-0.2, -0.15) is 0 Å². The maximum atomic E-state index is 13.5. The largest absolute Gasteiger partial charge is 0.381 e. The number of hydrogen-bond acceptors (Lipinski definition) is 4. The number of amides is 1. The number of rotatable bonds is 5. The van der Waals surface area contributed by atoms with Gasteiger partial charge in [0.25, 0.3) is 0 Å². The minimum absolute atomic E-state index is 0.0635. The highest BCUT2D eigenvalue weighted by Crippen LogP contribution is 2.36. The number of hydrogen-bond donors (Lipinski definition) is 1. The van der Waals surface area contributed by atoms with Crippen LogP contribution in [0.2, 0.25) is 0 Å². The summed E-state index contributed by atoms with van der Waals surface area (Å²) in [6, 6.07) is 16.6. The van der Waals surface area contributed by atoms with Crippen LogP contribution >= 0.6 is 15.9 Å². The molecule has 0 bridgehead atoms. The van der Waals surface area contributed by atoms with Crippen LogP contribution in [0.1, 0.15) is 36.9 Å². The summed E-state index contributed by atoms with van der Waals surface area (Å²) in [5.41, 5.74) is 2.83. The van der Waals surface area contributed by atoms with Gasteiger partial charge in [-0.3, -0.25) is 4.79 Å². The number of anilines is 1. The van der Waals surface area contributed by atoms with Gasteiger partial charge >= 0.3 is 0 Å². The van der Waals surface area contributed by atoms with Gasteiger partial charge in [-0.05, 0) is 55.2 Å². The molecule has 2 aliphatic heterocycles. The zero-order chi connectivity index (χ0) is 21.0. The summed E-state index contributed by atoms with van der Waals surface area (Å²) < 4.78 is 12.0. The molecule has 0 aromatic heterocycles. The molecule has 0 aliphatic carbocycles. The monoisotopic (exact) mass is 472 g/mol. The highest BCUT2D eigenvalue weighted by Gasteiger charge is 2.42. The van der Waals surface area contributed by atoms with E-state index in [4.69, 9.17) is 9.47 Å². The van der Waals surface area contributed by atoms with E-state index < -0.39 is 5.41 Å². The van der Waals surface area contributed by atoms with Gasteiger partial charge in [0.05, 0.1) is 24.7 Å². The van der Waals surface area contributed by atoms with Gasteiger partial charge in [0.2, 0.25) is 5.91 Å². The summed E-state index contributed by atoms with van der Waals surface area (Å²) in [7, 11) is 0. The van der Waals surface area contributed by atoms with Crippen LogP contribution in [-0.4, -0.2) is 45.4 Å². The van der Waals surface area contributed by atoms with Crippen molar-refractivity contribution in [3.8, 4) is 0 Å². The second-order valence-electron chi connectivity index (χ2n) is 8.09. The van der Waals surface area contributed by atoms with Crippen LogP contribution < -0.4 is 10.2 Å². The SMILES string of the molecule is CC(NC(=O)C1(c2ccc(Br)cc2)CCOCC1)c1ccc(N2CCOCC2)cc1. The van der Waals surface area contributed by atoms with Crippen molar-refractivity contribution in [1.29, 1.82) is 0 Å². The summed E-state index contributed by atoms with van der Waals surface area (Å²) in [4.78, 5) is 15.8. The number of ether oxygens (including phenoxy) is 2. The van der Waals surface area contributed by atoms with E-state index in [-0.39, 0.29) is 11.9 Å². The first-order chi connectivity index (χ1) is 14.6. The third-order valence-electron chi connectivity index (χ3n) is 6.29. The van der Waals surface area contributed by atoms with Crippen LogP contribution in [0.15, 0.2) is 53.0 Å². The second-order valence-corrected chi connectivity index (χ2v) is 9.00. The van der Waals surface area contributed by atoms with Crippen molar-refractivity contribution in [2.75, 3.05) is 44.4 Å². The van der Waals surface area contributed by atoms with Gasteiger partial charge in [0.15, 0.2) is 0 Å². The topological polar surface area (TPSA) is 50.8 Å². The lowest BCUT2D eigenvalue weighted by molar-refractivity contribution is -0.131. The van der Waals surface area contributed by atoms with Crippen molar-refractivity contribution >= 4 is 27.5 Å². The van der Waals surface area contributed by atoms with Gasteiger partial charge in [-0.15, -0.1) is 0 Å². The maximum Gasteiger partial charge on any atom is 0.231 e. The molecule has 5 nitrogen and oxygen atoms in total. The number of halogens is 1. The lowest BCUT2D eigenvalue weighted by Gasteiger charge is -2.37. The highest BCUT2D eigenvalue weighted by molar-refractivity contribution is 9.10. The molecular formula is C24H29BrN2O3.